The van der Waals surface area contributed by atoms with Crippen molar-refractivity contribution < 1.29 is 27.1 Å². The summed E-state index contributed by atoms with van der Waals surface area (Å²) in [6.07, 6.45) is 4.03. The van der Waals surface area contributed by atoms with Crippen molar-refractivity contribution in [3.8, 4) is 0 Å². The van der Waals surface area contributed by atoms with Crippen LogP contribution in [0.5, 0.6) is 0 Å². The van der Waals surface area contributed by atoms with Gasteiger partial charge in [-0.05, 0) is 61.4 Å². The Morgan fingerprint density at radius 1 is 0.974 bits per heavy atom. The number of nitrogens with zero attached hydrogens (tertiary/aromatic N) is 3. The number of nitrogens with one attached hydrogen (secondary N) is 2. The van der Waals surface area contributed by atoms with Crippen LogP contribution in [0.1, 0.15) is 48.9 Å². The number of rotatable bonds is 8. The molecule has 2 aliphatic heterocycles. The molecule has 1 spiro atoms. The number of hydrogen-bond donors (Lipinski definition) is 3. The molecule has 1 aromatic carbocycles. The summed E-state index contributed by atoms with van der Waals surface area (Å²) in [6.45, 7) is 1.40. The Kier molecular flexibility index (Phi) is 7.21. The van der Waals surface area contributed by atoms with E-state index in [0.717, 1.165) is 25.9 Å². The number of sulfonamides is 1. The first-order valence-corrected chi connectivity index (χ1v) is 14.6. The van der Waals surface area contributed by atoms with Crippen LogP contribution in [0.2, 0.25) is 0 Å². The van der Waals surface area contributed by atoms with E-state index in [1.54, 1.807) is 35.2 Å². The van der Waals surface area contributed by atoms with Gasteiger partial charge >= 0.3 is 0 Å². The summed E-state index contributed by atoms with van der Waals surface area (Å²) < 4.78 is 54.1. The lowest BCUT2D eigenvalue weighted by Gasteiger charge is -2.35. The van der Waals surface area contributed by atoms with Gasteiger partial charge in [-0.2, -0.15) is 0 Å². The summed E-state index contributed by atoms with van der Waals surface area (Å²) in [5.41, 5.74) is 1.74. The first kappa shape index (κ1) is 26.6. The van der Waals surface area contributed by atoms with Crippen LogP contribution in [0, 0.1) is 5.41 Å². The minimum atomic E-state index is -3.73. The number of carbonyl (C=O) groups excluding carboxylic acids is 1. The van der Waals surface area contributed by atoms with Gasteiger partial charge in [0.25, 0.3) is 11.8 Å². The van der Waals surface area contributed by atoms with Crippen molar-refractivity contribution in [1.29, 1.82) is 0 Å². The minimum Gasteiger partial charge on any atom is -0.395 e. The van der Waals surface area contributed by atoms with Gasteiger partial charge in [-0.1, -0.05) is 6.07 Å². The summed E-state index contributed by atoms with van der Waals surface area (Å²) in [5.74, 6) is -2.65. The van der Waals surface area contributed by atoms with Crippen LogP contribution in [-0.4, -0.2) is 68.9 Å². The van der Waals surface area contributed by atoms with Gasteiger partial charge in [-0.15, -0.1) is 0 Å². The minimum absolute atomic E-state index is 0.186. The molecule has 1 saturated carbocycles. The predicted octanol–water partition coefficient (Wildman–Crippen LogP) is 3.68. The number of pyridine rings is 1. The quantitative estimate of drug-likeness (QED) is 0.460. The molecule has 12 heteroatoms. The summed E-state index contributed by atoms with van der Waals surface area (Å²) in [7, 11) is -3.73. The number of aliphatic hydroxyl groups is 1. The molecule has 5 rings (SSSR count). The Morgan fingerprint density at radius 2 is 1.66 bits per heavy atom. The van der Waals surface area contributed by atoms with Crippen molar-refractivity contribution in [3.05, 3.63) is 42.0 Å². The van der Waals surface area contributed by atoms with Crippen molar-refractivity contribution in [2.75, 3.05) is 58.4 Å². The molecular weight excluding hydrogens is 516 g/mol. The first-order chi connectivity index (χ1) is 18.1. The molecule has 2 saturated heterocycles. The number of piperidine rings is 2. The Labute approximate surface area is 221 Å². The van der Waals surface area contributed by atoms with Crippen molar-refractivity contribution in [2.24, 2.45) is 5.41 Å². The van der Waals surface area contributed by atoms with Gasteiger partial charge in [0.05, 0.1) is 29.3 Å². The molecule has 3 heterocycles. The molecular formula is C26H33F2N5O4S. The van der Waals surface area contributed by atoms with E-state index in [4.69, 9.17) is 5.11 Å². The van der Waals surface area contributed by atoms with Gasteiger partial charge in [0, 0.05) is 39.0 Å². The van der Waals surface area contributed by atoms with E-state index in [0.29, 0.717) is 34.0 Å². The molecule has 206 valence electrons. The largest absolute Gasteiger partial charge is 0.395 e. The monoisotopic (exact) mass is 549 g/mol. The fourth-order valence-electron chi connectivity index (χ4n) is 5.21. The second-order valence-electron chi connectivity index (χ2n) is 10.5. The molecule has 3 fully saturated rings. The van der Waals surface area contributed by atoms with Crippen LogP contribution in [0.4, 0.5) is 31.8 Å². The molecule has 38 heavy (non-hydrogen) atoms. The van der Waals surface area contributed by atoms with Gasteiger partial charge in [0.15, 0.2) is 0 Å². The van der Waals surface area contributed by atoms with Crippen molar-refractivity contribution in [2.45, 2.75) is 44.4 Å². The second-order valence-corrected chi connectivity index (χ2v) is 12.4. The lowest BCUT2D eigenvalue weighted by atomic mass is 9.93. The number of anilines is 4. The highest BCUT2D eigenvalue weighted by molar-refractivity contribution is 7.92. The van der Waals surface area contributed by atoms with E-state index in [2.05, 4.69) is 19.9 Å². The molecule has 1 aromatic heterocycles. The van der Waals surface area contributed by atoms with E-state index in [9.17, 15) is 22.0 Å². The average molecular weight is 550 g/mol. The van der Waals surface area contributed by atoms with E-state index < -0.39 is 34.2 Å². The molecule has 3 aliphatic rings. The fraction of sp³-hybridized carbons (Fsp3) is 0.538. The third-order valence-electron chi connectivity index (χ3n) is 7.79. The molecule has 1 aliphatic carbocycles. The smallest absolute Gasteiger partial charge is 0.258 e. The van der Waals surface area contributed by atoms with Crippen LogP contribution >= 0.6 is 0 Å². The van der Waals surface area contributed by atoms with Crippen molar-refractivity contribution >= 4 is 38.9 Å². The number of carbonyl (C=O) groups is 1. The number of benzene rings is 1. The second kappa shape index (κ2) is 10.3. The molecule has 0 unspecified atom stereocenters. The van der Waals surface area contributed by atoms with Gasteiger partial charge < -0.3 is 20.2 Å². The van der Waals surface area contributed by atoms with Crippen LogP contribution < -0.4 is 19.8 Å². The highest BCUT2D eigenvalue weighted by Crippen LogP contribution is 2.54. The lowest BCUT2D eigenvalue weighted by molar-refractivity contribution is -0.0221. The summed E-state index contributed by atoms with van der Waals surface area (Å²) in [6, 6.07) is 9.88. The number of hydrogen-bond acceptors (Lipinski definition) is 7. The van der Waals surface area contributed by atoms with E-state index in [-0.39, 0.29) is 25.9 Å². The zero-order valence-electron chi connectivity index (χ0n) is 21.1. The normalized spacial score (nSPS) is 20.3. The number of amides is 1. The van der Waals surface area contributed by atoms with Gasteiger partial charge in [0.1, 0.15) is 11.6 Å². The number of aromatic nitrogens is 1. The maximum atomic E-state index is 13.6. The molecule has 2 aromatic rings. The predicted molar refractivity (Wildman–Crippen MR) is 143 cm³/mol. The zero-order chi connectivity index (χ0) is 27.0. The third kappa shape index (κ3) is 6.17. The Balaban J connectivity index is 1.36. The molecule has 0 atom stereocenters. The molecule has 1 amide bonds. The maximum absolute atomic E-state index is 13.6. The van der Waals surface area contributed by atoms with Crippen molar-refractivity contribution in [1.82, 2.24) is 4.98 Å². The summed E-state index contributed by atoms with van der Waals surface area (Å²) in [5, 5.41) is 11.9. The Bertz CT molecular complexity index is 1280. The van der Waals surface area contributed by atoms with E-state index in [1.165, 1.54) is 18.9 Å². The number of alkyl halides is 2. The Hall–Kier alpha value is -2.99. The average Bonchev–Trinajstić information content (AvgIpc) is 3.63. The van der Waals surface area contributed by atoms with Crippen LogP contribution in [0.25, 0.3) is 0 Å². The molecule has 0 radical (unpaired) electrons. The topological polar surface area (TPSA) is 115 Å². The van der Waals surface area contributed by atoms with Crippen molar-refractivity contribution in [3.63, 3.8) is 0 Å². The highest BCUT2D eigenvalue weighted by atomic mass is 32.2. The third-order valence-corrected chi connectivity index (χ3v) is 9.06. The van der Waals surface area contributed by atoms with E-state index >= 15 is 0 Å². The van der Waals surface area contributed by atoms with Crippen LogP contribution in [-0.2, 0) is 10.0 Å². The first-order valence-electron chi connectivity index (χ1n) is 13.0. The van der Waals surface area contributed by atoms with Crippen LogP contribution in [0.3, 0.4) is 0 Å². The SMILES string of the molecule is O=C(Nc1cccc(N2CCC(F)(F)CC2)n1)c1ccc(NS(=O)(=O)CCO)cc1N1CCC2(CC1)CC2. The van der Waals surface area contributed by atoms with E-state index in [1.807, 2.05) is 0 Å². The van der Waals surface area contributed by atoms with Gasteiger partial charge in [-0.3, -0.25) is 9.52 Å². The zero-order valence-corrected chi connectivity index (χ0v) is 21.9. The molecule has 0 bridgehead atoms. The van der Waals surface area contributed by atoms with Gasteiger partial charge in [0.2, 0.25) is 10.0 Å². The highest BCUT2D eigenvalue weighted by Gasteiger charge is 2.44. The maximum Gasteiger partial charge on any atom is 0.258 e. The Morgan fingerprint density at radius 3 is 2.32 bits per heavy atom. The fourth-order valence-corrected chi connectivity index (χ4v) is 6.04. The number of halogens is 2. The standard InChI is InChI=1S/C26H33F2N5O4S/c27-26(28)10-14-33(15-11-26)23-3-1-2-22(29-23)30-24(35)20-5-4-19(31-38(36,37)17-16-34)18-21(20)32-12-8-25(6-7-25)9-13-32/h1-5,18,31,34H,6-17H2,(H,29,30,35). The van der Waals surface area contributed by atoms with Crippen LogP contribution in [0.15, 0.2) is 36.4 Å². The number of aliphatic hydroxyl groups excluding tert-OH is 1. The summed E-state index contributed by atoms with van der Waals surface area (Å²) in [4.78, 5) is 21.8. The lowest BCUT2D eigenvalue weighted by Crippen LogP contribution is -2.39. The summed E-state index contributed by atoms with van der Waals surface area (Å²) >= 11 is 0. The molecule has 9 nitrogen and oxygen atoms in total. The molecule has 3 N–H and O–H groups in total. The van der Waals surface area contributed by atoms with Gasteiger partial charge in [-0.25, -0.2) is 22.2 Å².